The van der Waals surface area contributed by atoms with Crippen LogP contribution in [0.4, 0.5) is 4.79 Å². The molecule has 0 spiro atoms. The summed E-state index contributed by atoms with van der Waals surface area (Å²) in [6.45, 7) is 9.07. The van der Waals surface area contributed by atoms with Gasteiger partial charge in [0.25, 0.3) is 0 Å². The Morgan fingerprint density at radius 2 is 1.56 bits per heavy atom. The molecule has 0 saturated carbocycles. The zero-order valence-electron chi connectivity index (χ0n) is 18.7. The zero-order chi connectivity index (χ0) is 23.1. The molecule has 3 rings (SSSR count). The van der Waals surface area contributed by atoms with Crippen LogP contribution in [-0.2, 0) is 10.2 Å². The van der Waals surface area contributed by atoms with Crippen molar-refractivity contribution in [3.63, 3.8) is 0 Å². The van der Waals surface area contributed by atoms with Crippen molar-refractivity contribution < 1.29 is 45.3 Å². The van der Waals surface area contributed by atoms with E-state index in [1.54, 1.807) is 0 Å². The maximum Gasteiger partial charge on any atom is 0.513 e. The first kappa shape index (κ1) is 23.9. The standard InChI is InChI=1S/C26H27IO5/c1-18-17-23(30-15-16-31-25(29)32-22-11-9-21(28)10-12-22)13-14-24(18)27-20-7-5-19(6-8-20)26(2,3)4/h5-14,17H,15-16H2,1-4H3/p+1. The maximum atomic E-state index is 11.7. The number of halogens is 1. The van der Waals surface area contributed by atoms with Crippen molar-refractivity contribution in [2.24, 2.45) is 0 Å². The van der Waals surface area contributed by atoms with Gasteiger partial charge in [-0.2, -0.15) is 0 Å². The average molecular weight is 547 g/mol. The summed E-state index contributed by atoms with van der Waals surface area (Å²) in [5, 5.41) is 9.23. The van der Waals surface area contributed by atoms with E-state index in [0.717, 1.165) is 5.75 Å². The van der Waals surface area contributed by atoms with Crippen LogP contribution >= 0.6 is 0 Å². The highest BCUT2D eigenvalue weighted by Crippen LogP contribution is 2.21. The van der Waals surface area contributed by atoms with Gasteiger partial charge in [0.2, 0.25) is 0 Å². The smallest absolute Gasteiger partial charge is 0.508 e. The average Bonchev–Trinajstić information content (AvgIpc) is 2.74. The van der Waals surface area contributed by atoms with Crippen molar-refractivity contribution in [1.29, 1.82) is 0 Å². The van der Waals surface area contributed by atoms with E-state index >= 15 is 0 Å². The third kappa shape index (κ3) is 7.15. The molecule has 0 bridgehead atoms. The molecule has 0 aliphatic heterocycles. The quantitative estimate of drug-likeness (QED) is 0.214. The lowest BCUT2D eigenvalue weighted by Crippen LogP contribution is -3.61. The first-order chi connectivity index (χ1) is 15.2. The summed E-state index contributed by atoms with van der Waals surface area (Å²) in [6, 6.07) is 20.9. The van der Waals surface area contributed by atoms with Gasteiger partial charge in [-0.25, -0.2) is 4.79 Å². The fourth-order valence-corrected chi connectivity index (χ4v) is 5.20. The number of benzene rings is 3. The van der Waals surface area contributed by atoms with Gasteiger partial charge in [-0.1, -0.05) is 32.9 Å². The normalized spacial score (nSPS) is 11.1. The number of aromatic hydroxyl groups is 1. The van der Waals surface area contributed by atoms with Crippen LogP contribution in [0.25, 0.3) is 0 Å². The summed E-state index contributed by atoms with van der Waals surface area (Å²) in [5.74, 6) is 1.14. The van der Waals surface area contributed by atoms with Crippen LogP contribution in [-0.4, -0.2) is 24.5 Å². The predicted molar refractivity (Wildman–Crippen MR) is 119 cm³/mol. The van der Waals surface area contributed by atoms with E-state index in [1.165, 1.54) is 42.5 Å². The number of hydrogen-bond donors (Lipinski definition) is 1. The molecule has 0 amide bonds. The lowest BCUT2D eigenvalue weighted by Gasteiger charge is -2.18. The second-order valence-corrected chi connectivity index (χ2v) is 11.3. The highest BCUT2D eigenvalue weighted by Gasteiger charge is 2.20. The van der Waals surface area contributed by atoms with Gasteiger partial charge in [0.05, 0.1) is 0 Å². The molecule has 0 unspecified atom stereocenters. The largest absolute Gasteiger partial charge is 0.513 e. The molecule has 0 aromatic heterocycles. The zero-order valence-corrected chi connectivity index (χ0v) is 20.9. The second-order valence-electron chi connectivity index (χ2n) is 8.31. The summed E-state index contributed by atoms with van der Waals surface area (Å²) >= 11 is -0.265. The third-order valence-corrected chi connectivity index (χ3v) is 7.79. The van der Waals surface area contributed by atoms with Crippen molar-refractivity contribution in [3.8, 4) is 17.2 Å². The number of phenolic OH excluding ortho intramolecular Hbond substituents is 1. The molecular weight excluding hydrogens is 519 g/mol. The minimum atomic E-state index is -0.812. The Labute approximate surface area is 199 Å². The Hall–Kier alpha value is -2.74. The van der Waals surface area contributed by atoms with E-state index in [-0.39, 0.29) is 45.6 Å². The number of hydrogen-bond acceptors (Lipinski definition) is 5. The van der Waals surface area contributed by atoms with Gasteiger partial charge >= 0.3 is 27.4 Å². The van der Waals surface area contributed by atoms with Gasteiger partial charge in [-0.15, -0.1) is 0 Å². The minimum absolute atomic E-state index is 0.0742. The monoisotopic (exact) mass is 547 g/mol. The van der Waals surface area contributed by atoms with E-state index in [9.17, 15) is 9.90 Å². The molecule has 32 heavy (non-hydrogen) atoms. The fourth-order valence-electron chi connectivity index (χ4n) is 2.87. The summed E-state index contributed by atoms with van der Waals surface area (Å²) in [5.41, 5.74) is 2.71. The van der Waals surface area contributed by atoms with Crippen LogP contribution in [0, 0.1) is 14.1 Å². The minimum Gasteiger partial charge on any atom is -0.508 e. The highest BCUT2D eigenvalue weighted by molar-refractivity contribution is 5.63. The van der Waals surface area contributed by atoms with E-state index in [4.69, 9.17) is 14.2 Å². The van der Waals surface area contributed by atoms with Crippen molar-refractivity contribution in [1.82, 2.24) is 0 Å². The number of ether oxygens (including phenoxy) is 3. The Balaban J connectivity index is 1.45. The van der Waals surface area contributed by atoms with Crippen LogP contribution in [0.5, 0.6) is 17.2 Å². The number of aryl methyl sites for hydroxylation is 1. The number of carbonyl (C=O) groups is 1. The first-order valence-corrected chi connectivity index (χ1v) is 12.5. The van der Waals surface area contributed by atoms with Crippen molar-refractivity contribution in [2.45, 2.75) is 33.1 Å². The molecule has 3 aromatic rings. The van der Waals surface area contributed by atoms with Gasteiger partial charge < -0.3 is 19.3 Å². The van der Waals surface area contributed by atoms with E-state index < -0.39 is 6.16 Å². The molecule has 6 heteroatoms. The molecular formula is C26H28IO5+. The Morgan fingerprint density at radius 1 is 0.906 bits per heavy atom. The van der Waals surface area contributed by atoms with Crippen LogP contribution in [0.2, 0.25) is 0 Å². The SMILES string of the molecule is Cc1cc(OCCOC(=O)Oc2ccc(O)cc2)ccc1[I+]c1ccc(C(C)(C)C)cc1. The van der Waals surface area contributed by atoms with Crippen LogP contribution in [0.15, 0.2) is 66.7 Å². The molecule has 1 N–H and O–H groups in total. The molecule has 5 nitrogen and oxygen atoms in total. The maximum absolute atomic E-state index is 11.7. The first-order valence-electron chi connectivity index (χ1n) is 10.3. The van der Waals surface area contributed by atoms with Crippen LogP contribution in [0.3, 0.4) is 0 Å². The number of phenols is 1. The third-order valence-electron chi connectivity index (χ3n) is 4.66. The lowest BCUT2D eigenvalue weighted by molar-refractivity contribution is -0.598. The predicted octanol–water partition coefficient (Wildman–Crippen LogP) is 2.72. The molecule has 0 atom stereocenters. The van der Waals surface area contributed by atoms with Gasteiger partial charge in [-0.3, -0.25) is 0 Å². The van der Waals surface area contributed by atoms with Gasteiger partial charge in [0, 0.05) is 5.56 Å². The second kappa shape index (κ2) is 10.7. The van der Waals surface area contributed by atoms with Crippen LogP contribution in [0.1, 0.15) is 31.9 Å². The van der Waals surface area contributed by atoms with Crippen molar-refractivity contribution >= 4 is 6.16 Å². The summed E-state index contributed by atoms with van der Waals surface area (Å²) in [7, 11) is 0. The van der Waals surface area contributed by atoms with E-state index in [2.05, 4.69) is 58.0 Å². The molecule has 0 aliphatic carbocycles. The Kier molecular flexibility index (Phi) is 8.01. The molecule has 0 aliphatic rings. The Bertz CT molecular complexity index is 1040. The molecule has 0 saturated heterocycles. The molecule has 3 aromatic carbocycles. The summed E-state index contributed by atoms with van der Waals surface area (Å²) in [6.07, 6.45) is -0.812. The lowest BCUT2D eigenvalue weighted by atomic mass is 9.87. The Morgan fingerprint density at radius 3 is 2.19 bits per heavy atom. The van der Waals surface area contributed by atoms with Gasteiger partial charge in [0.1, 0.15) is 30.5 Å². The molecule has 0 heterocycles. The molecule has 0 radical (unpaired) electrons. The topological polar surface area (TPSA) is 65.0 Å². The van der Waals surface area contributed by atoms with E-state index in [1.807, 2.05) is 12.1 Å². The van der Waals surface area contributed by atoms with Gasteiger partial charge in [0.15, 0.2) is 7.14 Å². The fraction of sp³-hybridized carbons (Fsp3) is 0.269. The van der Waals surface area contributed by atoms with Crippen molar-refractivity contribution in [3.05, 3.63) is 85.0 Å². The summed E-state index contributed by atoms with van der Waals surface area (Å²) < 4.78 is 18.5. The van der Waals surface area contributed by atoms with Crippen molar-refractivity contribution in [2.75, 3.05) is 13.2 Å². The number of carbonyl (C=O) groups excluding carboxylic acids is 1. The highest BCUT2D eigenvalue weighted by atomic mass is 127. The van der Waals surface area contributed by atoms with Gasteiger partial charge in [-0.05, 0) is 72.5 Å². The van der Waals surface area contributed by atoms with Crippen LogP contribution < -0.4 is 30.7 Å². The van der Waals surface area contributed by atoms with E-state index in [0.29, 0.717) is 5.75 Å². The molecule has 168 valence electrons. The molecule has 0 fully saturated rings. The number of rotatable bonds is 7. The summed E-state index contributed by atoms with van der Waals surface area (Å²) in [4.78, 5) is 11.7.